The summed E-state index contributed by atoms with van der Waals surface area (Å²) in [6, 6.07) is 3.31. The Labute approximate surface area is 108 Å². The Kier molecular flexibility index (Phi) is 4.26. The van der Waals surface area contributed by atoms with Gasteiger partial charge in [-0.2, -0.15) is 0 Å². The molecule has 1 aromatic rings. The number of nitro groups is 1. The number of ether oxygens (including phenoxy) is 1. The van der Waals surface area contributed by atoms with Crippen molar-refractivity contribution in [2.45, 2.75) is 25.4 Å². The quantitative estimate of drug-likeness (QED) is 0.676. The van der Waals surface area contributed by atoms with Crippen molar-refractivity contribution in [3.63, 3.8) is 0 Å². The molecule has 0 bridgehead atoms. The average Bonchev–Trinajstić information content (AvgIpc) is 2.39. The van der Waals surface area contributed by atoms with E-state index in [2.05, 4.69) is 5.32 Å². The van der Waals surface area contributed by atoms with Crippen molar-refractivity contribution in [1.29, 1.82) is 0 Å². The summed E-state index contributed by atoms with van der Waals surface area (Å²) in [6.07, 6.45) is -1.45. The predicted octanol–water partition coefficient (Wildman–Crippen LogP) is 2.66. The Hall–Kier alpha value is -1.76. The fourth-order valence-corrected chi connectivity index (χ4v) is 2.02. The molecule has 5 nitrogen and oxygen atoms in total. The highest BCUT2D eigenvalue weighted by Crippen LogP contribution is 2.33. The SMILES string of the molecule is O=[N+]([O-])c1ccc(OC2CCNCC2)c(C(F)F)c1. The number of hydrogen-bond acceptors (Lipinski definition) is 4. The molecule has 1 N–H and O–H groups in total. The smallest absolute Gasteiger partial charge is 0.270 e. The van der Waals surface area contributed by atoms with Gasteiger partial charge in [-0.25, -0.2) is 8.78 Å². The van der Waals surface area contributed by atoms with Crippen molar-refractivity contribution in [2.75, 3.05) is 13.1 Å². The zero-order chi connectivity index (χ0) is 13.8. The van der Waals surface area contributed by atoms with Gasteiger partial charge in [-0.15, -0.1) is 0 Å². The van der Waals surface area contributed by atoms with Crippen LogP contribution in [0.25, 0.3) is 0 Å². The largest absolute Gasteiger partial charge is 0.490 e. The third-order valence-corrected chi connectivity index (χ3v) is 3.02. The summed E-state index contributed by atoms with van der Waals surface area (Å²) in [5, 5.41) is 13.7. The fraction of sp³-hybridized carbons (Fsp3) is 0.500. The second kappa shape index (κ2) is 5.92. The van der Waals surface area contributed by atoms with Gasteiger partial charge in [0.25, 0.3) is 12.1 Å². The zero-order valence-electron chi connectivity index (χ0n) is 10.1. The molecule has 7 heteroatoms. The molecule has 19 heavy (non-hydrogen) atoms. The molecule has 1 aromatic carbocycles. The lowest BCUT2D eigenvalue weighted by atomic mass is 10.1. The molecule has 0 atom stereocenters. The number of halogens is 2. The van der Waals surface area contributed by atoms with Crippen LogP contribution in [0.2, 0.25) is 0 Å². The van der Waals surface area contributed by atoms with Crippen molar-refractivity contribution in [1.82, 2.24) is 5.32 Å². The van der Waals surface area contributed by atoms with Gasteiger partial charge in [0, 0.05) is 12.1 Å². The van der Waals surface area contributed by atoms with Crippen molar-refractivity contribution in [3.05, 3.63) is 33.9 Å². The first-order valence-corrected chi connectivity index (χ1v) is 6.02. The normalized spacial score (nSPS) is 16.6. The van der Waals surface area contributed by atoms with Crippen LogP contribution in [0.3, 0.4) is 0 Å². The lowest BCUT2D eigenvalue weighted by Gasteiger charge is -2.24. The molecule has 0 saturated carbocycles. The lowest BCUT2D eigenvalue weighted by molar-refractivity contribution is -0.385. The zero-order valence-corrected chi connectivity index (χ0v) is 10.1. The lowest BCUT2D eigenvalue weighted by Crippen LogP contribution is -2.34. The second-order valence-corrected chi connectivity index (χ2v) is 4.35. The molecule has 1 fully saturated rings. The number of nitro benzene ring substituents is 1. The van der Waals surface area contributed by atoms with Gasteiger partial charge in [-0.3, -0.25) is 10.1 Å². The molecule has 0 spiro atoms. The number of rotatable bonds is 4. The van der Waals surface area contributed by atoms with Crippen LogP contribution in [0.5, 0.6) is 5.75 Å². The number of alkyl halides is 2. The Morgan fingerprint density at radius 1 is 1.37 bits per heavy atom. The van der Waals surface area contributed by atoms with Gasteiger partial charge in [0.1, 0.15) is 11.9 Å². The van der Waals surface area contributed by atoms with Crippen LogP contribution in [0.4, 0.5) is 14.5 Å². The highest BCUT2D eigenvalue weighted by atomic mass is 19.3. The van der Waals surface area contributed by atoms with Crippen LogP contribution < -0.4 is 10.1 Å². The number of non-ortho nitro benzene ring substituents is 1. The number of nitrogens with zero attached hydrogens (tertiary/aromatic N) is 1. The molecule has 1 saturated heterocycles. The summed E-state index contributed by atoms with van der Waals surface area (Å²) in [7, 11) is 0. The first-order valence-electron chi connectivity index (χ1n) is 6.02. The third-order valence-electron chi connectivity index (χ3n) is 3.02. The van der Waals surface area contributed by atoms with Crippen LogP contribution in [-0.4, -0.2) is 24.1 Å². The first-order chi connectivity index (χ1) is 9.08. The summed E-state index contributed by atoms with van der Waals surface area (Å²) in [5.41, 5.74) is -0.777. The van der Waals surface area contributed by atoms with E-state index in [0.29, 0.717) is 0 Å². The molecule has 0 aromatic heterocycles. The second-order valence-electron chi connectivity index (χ2n) is 4.35. The topological polar surface area (TPSA) is 64.4 Å². The average molecular weight is 272 g/mol. The maximum absolute atomic E-state index is 12.9. The van der Waals surface area contributed by atoms with E-state index in [9.17, 15) is 18.9 Å². The monoisotopic (exact) mass is 272 g/mol. The Morgan fingerprint density at radius 3 is 2.63 bits per heavy atom. The number of hydrogen-bond donors (Lipinski definition) is 1. The van der Waals surface area contributed by atoms with Crippen LogP contribution >= 0.6 is 0 Å². The molecule has 1 aliphatic rings. The summed E-state index contributed by atoms with van der Waals surface area (Å²) >= 11 is 0. The number of benzene rings is 1. The molecular weight excluding hydrogens is 258 g/mol. The van der Waals surface area contributed by atoms with Crippen LogP contribution in [0, 0.1) is 10.1 Å². The minimum Gasteiger partial charge on any atom is -0.490 e. The minimum absolute atomic E-state index is 0.0347. The van der Waals surface area contributed by atoms with Gasteiger partial charge in [0.15, 0.2) is 0 Å². The number of nitrogens with one attached hydrogen (secondary N) is 1. The molecule has 104 valence electrons. The van der Waals surface area contributed by atoms with Crippen molar-refractivity contribution < 1.29 is 18.4 Å². The van der Waals surface area contributed by atoms with E-state index >= 15 is 0 Å². The van der Waals surface area contributed by atoms with Crippen molar-refractivity contribution in [3.8, 4) is 5.75 Å². The maximum Gasteiger partial charge on any atom is 0.270 e. The van der Waals surface area contributed by atoms with Gasteiger partial charge in [-0.1, -0.05) is 0 Å². The standard InChI is InChI=1S/C12H14F2N2O3/c13-12(14)10-7-8(16(17)18)1-2-11(10)19-9-3-5-15-6-4-9/h1-2,7,9,12,15H,3-6H2. The Balaban J connectivity index is 2.20. The van der Waals surface area contributed by atoms with Gasteiger partial charge in [-0.05, 0) is 32.0 Å². The van der Waals surface area contributed by atoms with Gasteiger partial charge >= 0.3 is 0 Å². The molecule has 0 amide bonds. The van der Waals surface area contributed by atoms with Crippen LogP contribution in [0.15, 0.2) is 18.2 Å². The van der Waals surface area contributed by atoms with E-state index < -0.39 is 16.9 Å². The fourth-order valence-electron chi connectivity index (χ4n) is 2.02. The Bertz CT molecular complexity index is 462. The predicted molar refractivity (Wildman–Crippen MR) is 64.6 cm³/mol. The van der Waals surface area contributed by atoms with Crippen LogP contribution in [-0.2, 0) is 0 Å². The number of piperidine rings is 1. The summed E-state index contributed by atoms with van der Waals surface area (Å²) < 4.78 is 31.4. The molecule has 0 radical (unpaired) electrons. The van der Waals surface area contributed by atoms with E-state index in [-0.39, 0.29) is 17.5 Å². The van der Waals surface area contributed by atoms with E-state index in [1.54, 1.807) is 0 Å². The molecule has 2 rings (SSSR count). The molecule has 1 heterocycles. The highest BCUT2D eigenvalue weighted by molar-refractivity contribution is 5.44. The molecular formula is C12H14F2N2O3. The van der Waals surface area contributed by atoms with E-state index in [1.165, 1.54) is 12.1 Å². The summed E-state index contributed by atoms with van der Waals surface area (Å²) in [6.45, 7) is 1.56. The van der Waals surface area contributed by atoms with Crippen molar-refractivity contribution in [2.24, 2.45) is 0 Å². The molecule has 0 unspecified atom stereocenters. The summed E-state index contributed by atoms with van der Waals surface area (Å²) in [5.74, 6) is 0.0347. The van der Waals surface area contributed by atoms with E-state index in [1.807, 2.05) is 0 Å². The van der Waals surface area contributed by atoms with Crippen molar-refractivity contribution >= 4 is 5.69 Å². The summed E-state index contributed by atoms with van der Waals surface area (Å²) in [4.78, 5) is 9.89. The molecule has 0 aliphatic carbocycles. The van der Waals surface area contributed by atoms with E-state index in [4.69, 9.17) is 4.74 Å². The Morgan fingerprint density at radius 2 is 2.05 bits per heavy atom. The highest BCUT2D eigenvalue weighted by Gasteiger charge is 2.22. The maximum atomic E-state index is 12.9. The minimum atomic E-state index is -2.79. The first kappa shape index (κ1) is 13.7. The van der Waals surface area contributed by atoms with Gasteiger partial charge < -0.3 is 10.1 Å². The third kappa shape index (κ3) is 3.37. The van der Waals surface area contributed by atoms with Crippen LogP contribution in [0.1, 0.15) is 24.8 Å². The van der Waals surface area contributed by atoms with Gasteiger partial charge in [0.2, 0.25) is 0 Å². The van der Waals surface area contributed by atoms with Gasteiger partial charge in [0.05, 0.1) is 10.5 Å². The molecule has 1 aliphatic heterocycles. The van der Waals surface area contributed by atoms with E-state index in [0.717, 1.165) is 32.0 Å².